The Morgan fingerprint density at radius 1 is 0.744 bits per heavy atom. The molecule has 5 atom stereocenters. The molecule has 0 saturated carbocycles. The zero-order valence-electron chi connectivity index (χ0n) is 24.6. The molecule has 218 valence electrons. The maximum atomic E-state index is 6.70. The molecular formula is C33H49ClO5. The topological polar surface area (TPSA) is 46.2 Å². The van der Waals surface area contributed by atoms with Gasteiger partial charge in [-0.05, 0) is 74.4 Å². The first kappa shape index (κ1) is 31.9. The zero-order valence-corrected chi connectivity index (χ0v) is 25.4. The van der Waals surface area contributed by atoms with Gasteiger partial charge >= 0.3 is 0 Å². The van der Waals surface area contributed by atoms with Crippen LogP contribution >= 0.6 is 11.6 Å². The van der Waals surface area contributed by atoms with Crippen molar-refractivity contribution in [3.8, 4) is 5.75 Å². The predicted molar refractivity (Wildman–Crippen MR) is 159 cm³/mol. The molecule has 6 heteroatoms. The second kappa shape index (κ2) is 17.2. The first-order valence-corrected chi connectivity index (χ1v) is 15.4. The number of rotatable bonds is 17. The fourth-order valence-electron chi connectivity index (χ4n) is 4.97. The van der Waals surface area contributed by atoms with Gasteiger partial charge in [-0.25, -0.2) is 0 Å². The molecule has 1 aliphatic rings. The summed E-state index contributed by atoms with van der Waals surface area (Å²) < 4.78 is 31.8. The summed E-state index contributed by atoms with van der Waals surface area (Å²) in [5.41, 5.74) is 3.30. The van der Waals surface area contributed by atoms with Crippen molar-refractivity contribution in [1.29, 1.82) is 0 Å². The van der Waals surface area contributed by atoms with Crippen LogP contribution in [0.4, 0.5) is 0 Å². The third-order valence-corrected chi connectivity index (χ3v) is 7.59. The monoisotopic (exact) mass is 560 g/mol. The molecule has 1 saturated heterocycles. The lowest BCUT2D eigenvalue weighted by molar-refractivity contribution is -0.257. The highest BCUT2D eigenvalue weighted by Crippen LogP contribution is 2.38. The Bertz CT molecular complexity index is 950. The van der Waals surface area contributed by atoms with E-state index in [0.717, 1.165) is 66.8 Å². The number of ether oxygens (including phenoxy) is 5. The SMILES string of the molecule is CCCCOC1C(C)OC(c2ccc(Cl)c(Cc3ccc(OCC)cc3)c2)C(OCCCC)C1OCCCC. The minimum Gasteiger partial charge on any atom is -0.494 e. The minimum atomic E-state index is -0.272. The molecule has 3 rings (SSSR count). The molecule has 0 aliphatic carbocycles. The highest BCUT2D eigenvalue weighted by molar-refractivity contribution is 6.31. The van der Waals surface area contributed by atoms with E-state index in [2.05, 4.69) is 52.0 Å². The summed E-state index contributed by atoms with van der Waals surface area (Å²) in [6, 6.07) is 14.4. The number of hydrogen-bond acceptors (Lipinski definition) is 5. The molecule has 0 bridgehead atoms. The Hall–Kier alpha value is -1.63. The van der Waals surface area contributed by atoms with Gasteiger partial charge in [0.05, 0.1) is 12.7 Å². The quantitative estimate of drug-likeness (QED) is 0.182. The van der Waals surface area contributed by atoms with Crippen LogP contribution in [-0.4, -0.2) is 50.8 Å². The molecule has 0 spiro atoms. The average molecular weight is 561 g/mol. The van der Waals surface area contributed by atoms with Crippen LogP contribution in [0.2, 0.25) is 5.02 Å². The maximum Gasteiger partial charge on any atom is 0.119 e. The van der Waals surface area contributed by atoms with E-state index in [0.29, 0.717) is 26.4 Å². The summed E-state index contributed by atoms with van der Waals surface area (Å²) in [5, 5.41) is 0.747. The highest BCUT2D eigenvalue weighted by atomic mass is 35.5. The normalized spacial score (nSPS) is 23.2. The largest absolute Gasteiger partial charge is 0.494 e. The summed E-state index contributed by atoms with van der Waals surface area (Å²) in [5.74, 6) is 0.877. The van der Waals surface area contributed by atoms with Crippen molar-refractivity contribution in [2.24, 2.45) is 0 Å². The zero-order chi connectivity index (χ0) is 28.0. The molecule has 1 aliphatic heterocycles. The van der Waals surface area contributed by atoms with Gasteiger partial charge in [0.25, 0.3) is 0 Å². The van der Waals surface area contributed by atoms with E-state index in [1.165, 1.54) is 5.56 Å². The van der Waals surface area contributed by atoms with Gasteiger partial charge in [0.15, 0.2) is 0 Å². The van der Waals surface area contributed by atoms with Crippen LogP contribution < -0.4 is 4.74 Å². The molecule has 1 heterocycles. The van der Waals surface area contributed by atoms with E-state index in [1.807, 2.05) is 25.1 Å². The smallest absolute Gasteiger partial charge is 0.119 e. The van der Waals surface area contributed by atoms with Gasteiger partial charge in [-0.2, -0.15) is 0 Å². The maximum absolute atomic E-state index is 6.70. The summed E-state index contributed by atoms with van der Waals surface area (Å²) in [6.45, 7) is 13.3. The Morgan fingerprint density at radius 2 is 1.33 bits per heavy atom. The van der Waals surface area contributed by atoms with Gasteiger partial charge in [-0.15, -0.1) is 0 Å². The Morgan fingerprint density at radius 3 is 1.92 bits per heavy atom. The molecule has 0 N–H and O–H groups in total. The molecule has 2 aromatic carbocycles. The second-order valence-electron chi connectivity index (χ2n) is 10.4. The van der Waals surface area contributed by atoms with Crippen LogP contribution in [0.1, 0.15) is 95.9 Å². The van der Waals surface area contributed by atoms with E-state index < -0.39 is 0 Å². The standard InChI is InChI=1S/C33H49ClO5/c1-6-10-19-36-30-24(5)39-31(33(38-21-12-8-3)32(30)37-20-11-7-2)26-15-18-29(34)27(23-26)22-25-13-16-28(17-14-25)35-9-4/h13-18,23-24,30-33H,6-12,19-22H2,1-5H3. The van der Waals surface area contributed by atoms with Gasteiger partial charge in [0.1, 0.15) is 30.2 Å². The predicted octanol–water partition coefficient (Wildman–Crippen LogP) is 8.35. The van der Waals surface area contributed by atoms with Crippen molar-refractivity contribution in [1.82, 2.24) is 0 Å². The van der Waals surface area contributed by atoms with Crippen molar-refractivity contribution < 1.29 is 23.7 Å². The van der Waals surface area contributed by atoms with Crippen molar-refractivity contribution in [2.45, 2.75) is 110 Å². The van der Waals surface area contributed by atoms with E-state index in [4.69, 9.17) is 35.3 Å². The molecule has 1 fully saturated rings. The molecule has 0 radical (unpaired) electrons. The van der Waals surface area contributed by atoms with Gasteiger partial charge in [0.2, 0.25) is 0 Å². The summed E-state index contributed by atoms with van der Waals surface area (Å²) in [4.78, 5) is 0. The molecule has 2 aromatic rings. The van der Waals surface area contributed by atoms with E-state index in [9.17, 15) is 0 Å². The third kappa shape index (κ3) is 9.47. The van der Waals surface area contributed by atoms with E-state index in [1.54, 1.807) is 0 Å². The van der Waals surface area contributed by atoms with Crippen LogP contribution in [-0.2, 0) is 25.4 Å². The second-order valence-corrected chi connectivity index (χ2v) is 10.8. The molecule has 5 unspecified atom stereocenters. The number of unbranched alkanes of at least 4 members (excludes halogenated alkanes) is 3. The van der Waals surface area contributed by atoms with Crippen molar-refractivity contribution in [2.75, 3.05) is 26.4 Å². The Labute approximate surface area is 241 Å². The van der Waals surface area contributed by atoms with Gasteiger partial charge in [-0.3, -0.25) is 0 Å². The van der Waals surface area contributed by atoms with E-state index in [-0.39, 0.29) is 30.5 Å². The van der Waals surface area contributed by atoms with Gasteiger partial charge in [-0.1, -0.05) is 75.9 Å². The minimum absolute atomic E-state index is 0.130. The van der Waals surface area contributed by atoms with E-state index >= 15 is 0 Å². The van der Waals surface area contributed by atoms with Crippen LogP contribution in [0.25, 0.3) is 0 Å². The summed E-state index contributed by atoms with van der Waals surface area (Å²) in [6.07, 6.45) is 5.93. The fourth-order valence-corrected chi connectivity index (χ4v) is 5.16. The van der Waals surface area contributed by atoms with Crippen LogP contribution in [0.15, 0.2) is 42.5 Å². The lowest BCUT2D eigenvalue weighted by Gasteiger charge is -2.45. The molecule has 0 amide bonds. The number of halogens is 1. The number of benzene rings is 2. The van der Waals surface area contributed by atoms with Crippen molar-refractivity contribution in [3.63, 3.8) is 0 Å². The van der Waals surface area contributed by atoms with Crippen LogP contribution in [0, 0.1) is 0 Å². The van der Waals surface area contributed by atoms with Crippen molar-refractivity contribution >= 4 is 11.6 Å². The molecule has 5 nitrogen and oxygen atoms in total. The summed E-state index contributed by atoms with van der Waals surface area (Å²) in [7, 11) is 0. The Balaban J connectivity index is 1.89. The average Bonchev–Trinajstić information content (AvgIpc) is 2.93. The lowest BCUT2D eigenvalue weighted by atomic mass is 9.89. The fraction of sp³-hybridized carbons (Fsp3) is 0.636. The molecule has 39 heavy (non-hydrogen) atoms. The Kier molecular flexibility index (Phi) is 14.1. The first-order chi connectivity index (χ1) is 19.0. The van der Waals surface area contributed by atoms with Crippen LogP contribution in [0.3, 0.4) is 0 Å². The highest BCUT2D eigenvalue weighted by Gasteiger charge is 2.47. The van der Waals surface area contributed by atoms with Gasteiger partial charge in [0, 0.05) is 24.8 Å². The molecular weight excluding hydrogens is 512 g/mol. The van der Waals surface area contributed by atoms with Crippen LogP contribution in [0.5, 0.6) is 5.75 Å². The number of hydrogen-bond donors (Lipinski definition) is 0. The summed E-state index contributed by atoms with van der Waals surface area (Å²) >= 11 is 6.70. The third-order valence-electron chi connectivity index (χ3n) is 7.22. The van der Waals surface area contributed by atoms with Crippen molar-refractivity contribution in [3.05, 3.63) is 64.2 Å². The first-order valence-electron chi connectivity index (χ1n) is 15.0. The van der Waals surface area contributed by atoms with Gasteiger partial charge < -0.3 is 23.7 Å². The molecule has 0 aromatic heterocycles. The lowest BCUT2D eigenvalue weighted by Crippen LogP contribution is -2.56.